The fourth-order valence-corrected chi connectivity index (χ4v) is 1.88. The molecule has 2 heterocycles. The molecule has 6 nitrogen and oxygen atoms in total. The summed E-state index contributed by atoms with van der Waals surface area (Å²) >= 11 is 1.45. The van der Waals surface area contributed by atoms with Crippen LogP contribution in [0.4, 0.5) is 16.2 Å². The first-order valence-corrected chi connectivity index (χ1v) is 5.89. The molecule has 0 radical (unpaired) electrons. The number of carbonyl (C=O) groups is 2. The molecule has 92 valence electrons. The summed E-state index contributed by atoms with van der Waals surface area (Å²) in [7, 11) is 0. The van der Waals surface area contributed by atoms with Crippen LogP contribution in [0.2, 0.25) is 0 Å². The fourth-order valence-electron chi connectivity index (χ4n) is 1.30. The molecule has 0 spiro atoms. The van der Waals surface area contributed by atoms with Crippen molar-refractivity contribution < 1.29 is 14.7 Å². The minimum atomic E-state index is -1.19. The lowest BCUT2D eigenvalue weighted by Crippen LogP contribution is -2.21. The first kappa shape index (κ1) is 12.1. The van der Waals surface area contributed by atoms with E-state index < -0.39 is 12.0 Å². The van der Waals surface area contributed by atoms with Gasteiger partial charge in [0.1, 0.15) is 0 Å². The minimum Gasteiger partial charge on any atom is -0.476 e. The van der Waals surface area contributed by atoms with Crippen LogP contribution in [0.25, 0.3) is 0 Å². The molecule has 0 aliphatic rings. The molecule has 0 saturated carbocycles. The number of pyridine rings is 1. The van der Waals surface area contributed by atoms with Crippen molar-refractivity contribution in [3.05, 3.63) is 40.8 Å². The number of rotatable bonds is 3. The van der Waals surface area contributed by atoms with Crippen molar-refractivity contribution in [3.63, 3.8) is 0 Å². The average molecular weight is 263 g/mol. The third-order valence-electron chi connectivity index (χ3n) is 2.04. The quantitative estimate of drug-likeness (QED) is 0.793. The van der Waals surface area contributed by atoms with Gasteiger partial charge in [0.2, 0.25) is 0 Å². The van der Waals surface area contributed by atoms with Gasteiger partial charge in [0.05, 0.1) is 11.4 Å². The zero-order valence-corrected chi connectivity index (χ0v) is 9.90. The Morgan fingerprint density at radius 3 is 2.78 bits per heavy atom. The first-order chi connectivity index (χ1) is 8.66. The van der Waals surface area contributed by atoms with Crippen molar-refractivity contribution in [3.8, 4) is 0 Å². The molecular weight excluding hydrogens is 254 g/mol. The van der Waals surface area contributed by atoms with Crippen LogP contribution >= 0.6 is 11.3 Å². The molecule has 0 atom stereocenters. The highest BCUT2D eigenvalue weighted by molar-refractivity contribution is 7.08. The molecule has 2 amide bonds. The molecule has 7 heteroatoms. The predicted octanol–water partition coefficient (Wildman–Crippen LogP) is 2.49. The number of amides is 2. The Hall–Kier alpha value is -2.41. The molecular formula is C11H9N3O3S. The lowest BCUT2D eigenvalue weighted by atomic mass is 10.3. The van der Waals surface area contributed by atoms with E-state index in [1.54, 1.807) is 17.5 Å². The van der Waals surface area contributed by atoms with Crippen molar-refractivity contribution in [2.24, 2.45) is 0 Å². The summed E-state index contributed by atoms with van der Waals surface area (Å²) in [6.45, 7) is 0. The molecule has 3 N–H and O–H groups in total. The summed E-state index contributed by atoms with van der Waals surface area (Å²) in [6.07, 6.45) is 1.35. The monoisotopic (exact) mass is 263 g/mol. The summed E-state index contributed by atoms with van der Waals surface area (Å²) in [6, 6.07) is 4.26. The van der Waals surface area contributed by atoms with E-state index in [1.807, 2.05) is 5.38 Å². The standard InChI is InChI=1S/C11H9N3O3S/c15-10(16)9-8(2-1-4-12-9)14-11(17)13-7-3-5-18-6-7/h1-6H,(H,15,16)(H2,13,14,17). The molecule has 0 aliphatic carbocycles. The molecule has 18 heavy (non-hydrogen) atoms. The van der Waals surface area contributed by atoms with Gasteiger partial charge in [0, 0.05) is 11.6 Å². The van der Waals surface area contributed by atoms with Crippen molar-refractivity contribution >= 4 is 34.7 Å². The summed E-state index contributed by atoms with van der Waals surface area (Å²) in [5.74, 6) is -1.19. The van der Waals surface area contributed by atoms with Crippen molar-refractivity contribution in [1.29, 1.82) is 0 Å². The number of hydrogen-bond donors (Lipinski definition) is 3. The summed E-state index contributed by atoms with van der Waals surface area (Å²) < 4.78 is 0. The predicted molar refractivity (Wildman–Crippen MR) is 68.2 cm³/mol. The van der Waals surface area contributed by atoms with E-state index in [0.29, 0.717) is 5.69 Å². The third kappa shape index (κ3) is 2.83. The zero-order valence-electron chi connectivity index (χ0n) is 9.08. The molecule has 0 unspecified atom stereocenters. The van der Waals surface area contributed by atoms with Gasteiger partial charge in [-0.2, -0.15) is 11.3 Å². The average Bonchev–Trinajstić information content (AvgIpc) is 2.82. The Kier molecular flexibility index (Phi) is 3.54. The summed E-state index contributed by atoms with van der Waals surface area (Å²) in [4.78, 5) is 26.2. The van der Waals surface area contributed by atoms with E-state index in [4.69, 9.17) is 5.11 Å². The van der Waals surface area contributed by atoms with Crippen LogP contribution < -0.4 is 10.6 Å². The molecule has 2 rings (SSSR count). The highest BCUT2D eigenvalue weighted by Crippen LogP contribution is 2.15. The van der Waals surface area contributed by atoms with Gasteiger partial charge in [-0.25, -0.2) is 14.6 Å². The van der Waals surface area contributed by atoms with Crippen molar-refractivity contribution in [1.82, 2.24) is 4.98 Å². The number of aromatic carboxylic acids is 1. The lowest BCUT2D eigenvalue weighted by Gasteiger charge is -2.07. The van der Waals surface area contributed by atoms with Crippen LogP contribution in [-0.4, -0.2) is 22.1 Å². The van der Waals surface area contributed by atoms with Crippen LogP contribution in [0.5, 0.6) is 0 Å². The molecule has 0 bridgehead atoms. The molecule has 2 aromatic rings. The summed E-state index contributed by atoms with van der Waals surface area (Å²) in [5.41, 5.74) is 0.606. The van der Waals surface area contributed by atoms with E-state index in [1.165, 1.54) is 23.6 Å². The Labute approximate surface area is 106 Å². The largest absolute Gasteiger partial charge is 0.476 e. The van der Waals surface area contributed by atoms with Crippen LogP contribution in [0.15, 0.2) is 35.2 Å². The van der Waals surface area contributed by atoms with E-state index in [2.05, 4.69) is 15.6 Å². The van der Waals surface area contributed by atoms with Crippen LogP contribution in [-0.2, 0) is 0 Å². The van der Waals surface area contributed by atoms with Crippen LogP contribution in [0.1, 0.15) is 10.5 Å². The molecule has 0 saturated heterocycles. The second kappa shape index (κ2) is 5.28. The number of nitrogens with zero attached hydrogens (tertiary/aromatic N) is 1. The van der Waals surface area contributed by atoms with E-state index >= 15 is 0 Å². The molecule has 2 aromatic heterocycles. The zero-order chi connectivity index (χ0) is 13.0. The van der Waals surface area contributed by atoms with Crippen LogP contribution in [0, 0.1) is 0 Å². The molecule has 0 aliphatic heterocycles. The van der Waals surface area contributed by atoms with Gasteiger partial charge in [-0.1, -0.05) is 0 Å². The smallest absolute Gasteiger partial charge is 0.356 e. The van der Waals surface area contributed by atoms with E-state index in [0.717, 1.165) is 0 Å². The number of carboxylic acid groups (broad SMARTS) is 1. The fraction of sp³-hybridized carbons (Fsp3) is 0. The number of hydrogen-bond acceptors (Lipinski definition) is 4. The number of aromatic nitrogens is 1. The van der Waals surface area contributed by atoms with E-state index in [9.17, 15) is 9.59 Å². The maximum absolute atomic E-state index is 11.6. The van der Waals surface area contributed by atoms with Gasteiger partial charge in [0.15, 0.2) is 5.69 Å². The van der Waals surface area contributed by atoms with Gasteiger partial charge in [0.25, 0.3) is 0 Å². The third-order valence-corrected chi connectivity index (χ3v) is 2.72. The molecule has 0 fully saturated rings. The minimum absolute atomic E-state index is 0.151. The Balaban J connectivity index is 2.09. The van der Waals surface area contributed by atoms with Crippen molar-refractivity contribution in [2.45, 2.75) is 0 Å². The Bertz CT molecular complexity index is 569. The van der Waals surface area contributed by atoms with Gasteiger partial charge >= 0.3 is 12.0 Å². The second-order valence-corrected chi connectivity index (χ2v) is 4.08. The van der Waals surface area contributed by atoms with Gasteiger partial charge in [-0.3, -0.25) is 0 Å². The second-order valence-electron chi connectivity index (χ2n) is 3.30. The lowest BCUT2D eigenvalue weighted by molar-refractivity contribution is 0.0692. The maximum atomic E-state index is 11.6. The topological polar surface area (TPSA) is 91.3 Å². The maximum Gasteiger partial charge on any atom is 0.356 e. The van der Waals surface area contributed by atoms with Gasteiger partial charge in [-0.05, 0) is 23.6 Å². The number of anilines is 2. The summed E-state index contributed by atoms with van der Waals surface area (Å²) in [5, 5.41) is 17.5. The number of nitrogens with one attached hydrogen (secondary N) is 2. The Morgan fingerprint density at radius 1 is 1.28 bits per heavy atom. The number of urea groups is 1. The number of thiophene rings is 1. The van der Waals surface area contributed by atoms with E-state index in [-0.39, 0.29) is 11.4 Å². The normalized spacial score (nSPS) is 9.78. The van der Waals surface area contributed by atoms with Crippen LogP contribution in [0.3, 0.4) is 0 Å². The first-order valence-electron chi connectivity index (χ1n) is 4.95. The van der Waals surface area contributed by atoms with Gasteiger partial charge < -0.3 is 15.7 Å². The Morgan fingerprint density at radius 2 is 2.11 bits per heavy atom. The highest BCUT2D eigenvalue weighted by Gasteiger charge is 2.13. The van der Waals surface area contributed by atoms with Gasteiger partial charge in [-0.15, -0.1) is 0 Å². The molecule has 0 aromatic carbocycles. The SMILES string of the molecule is O=C(Nc1ccsc1)Nc1cccnc1C(=O)O. The number of carbonyl (C=O) groups excluding carboxylic acids is 1. The highest BCUT2D eigenvalue weighted by atomic mass is 32.1. The van der Waals surface area contributed by atoms with Crippen molar-refractivity contribution in [2.75, 3.05) is 10.6 Å². The number of carboxylic acids is 1.